The van der Waals surface area contributed by atoms with Gasteiger partial charge >= 0.3 is 6.03 Å². The number of nitrogens with zero attached hydrogens (tertiary/aromatic N) is 4. The molecule has 186 valence electrons. The van der Waals surface area contributed by atoms with Crippen molar-refractivity contribution in [2.45, 2.75) is 12.5 Å². The van der Waals surface area contributed by atoms with E-state index in [1.54, 1.807) is 18.5 Å². The minimum absolute atomic E-state index is 0.00297. The highest BCUT2D eigenvalue weighted by Crippen LogP contribution is 2.30. The van der Waals surface area contributed by atoms with Crippen LogP contribution in [0.3, 0.4) is 0 Å². The van der Waals surface area contributed by atoms with E-state index in [1.165, 1.54) is 11.1 Å². The van der Waals surface area contributed by atoms with Crippen molar-refractivity contribution in [3.05, 3.63) is 102 Å². The standard InChI is InChI=1S/C29H33N5O2/c35-28(26-12-7-14-30-20-26)33-19-18-32(16-13-23(21-33)22-34-17-15-31-29(34)36)27(24-8-3-1-4-9-24)25-10-5-2-6-11-25/h1-12,14,20,23,27H,13,15-19,21-22H2,(H,31,36)/t23-/m0/s1. The molecule has 5 rings (SSSR count). The van der Waals surface area contributed by atoms with Crippen LogP contribution in [-0.4, -0.2) is 77.4 Å². The summed E-state index contributed by atoms with van der Waals surface area (Å²) in [6, 6.07) is 24.9. The molecule has 3 aromatic rings. The Balaban J connectivity index is 1.43. The third-order valence-corrected chi connectivity index (χ3v) is 7.18. The smallest absolute Gasteiger partial charge is 0.317 e. The second-order valence-electron chi connectivity index (χ2n) is 9.59. The number of pyridine rings is 1. The number of hydrogen-bond donors (Lipinski definition) is 1. The molecule has 0 saturated carbocycles. The Kier molecular flexibility index (Phi) is 7.57. The molecule has 1 aromatic heterocycles. The van der Waals surface area contributed by atoms with Crippen molar-refractivity contribution >= 4 is 11.9 Å². The van der Waals surface area contributed by atoms with Gasteiger partial charge in [0.15, 0.2) is 0 Å². The lowest BCUT2D eigenvalue weighted by Gasteiger charge is -2.39. The van der Waals surface area contributed by atoms with E-state index in [0.717, 1.165) is 19.5 Å². The zero-order chi connectivity index (χ0) is 24.7. The SMILES string of the molecule is O=C1NCCN1C[C@H]1CCN(C(c2ccccc2)c2ccccc2)CCN(C(=O)c2cccnc2)C1. The van der Waals surface area contributed by atoms with Gasteiger partial charge in [0.2, 0.25) is 0 Å². The highest BCUT2D eigenvalue weighted by atomic mass is 16.2. The van der Waals surface area contributed by atoms with Crippen LogP contribution in [0.15, 0.2) is 85.2 Å². The quantitative estimate of drug-likeness (QED) is 0.581. The molecule has 3 heterocycles. The Labute approximate surface area is 212 Å². The number of carbonyl (C=O) groups excluding carboxylic acids is 2. The van der Waals surface area contributed by atoms with Crippen LogP contribution in [0, 0.1) is 5.92 Å². The normalized spacial score (nSPS) is 19.1. The van der Waals surface area contributed by atoms with Crippen LogP contribution in [-0.2, 0) is 0 Å². The number of carbonyl (C=O) groups is 2. The van der Waals surface area contributed by atoms with Crippen molar-refractivity contribution < 1.29 is 9.59 Å². The minimum atomic E-state index is -0.00880. The largest absolute Gasteiger partial charge is 0.337 e. The lowest BCUT2D eigenvalue weighted by molar-refractivity contribution is 0.0618. The van der Waals surface area contributed by atoms with Crippen molar-refractivity contribution in [2.24, 2.45) is 5.92 Å². The van der Waals surface area contributed by atoms with Gasteiger partial charge in [0.25, 0.3) is 5.91 Å². The molecule has 2 aliphatic rings. The fraction of sp³-hybridized carbons (Fsp3) is 0.345. The summed E-state index contributed by atoms with van der Waals surface area (Å²) in [6.45, 7) is 4.95. The highest BCUT2D eigenvalue weighted by molar-refractivity contribution is 5.93. The molecule has 0 spiro atoms. The summed E-state index contributed by atoms with van der Waals surface area (Å²) in [5, 5.41) is 2.90. The number of nitrogens with one attached hydrogen (secondary N) is 1. The van der Waals surface area contributed by atoms with Gasteiger partial charge in [-0.3, -0.25) is 14.7 Å². The van der Waals surface area contributed by atoms with Crippen LogP contribution in [0.1, 0.15) is 33.9 Å². The number of hydrogen-bond acceptors (Lipinski definition) is 4. The summed E-state index contributed by atoms with van der Waals surface area (Å²) in [6.07, 6.45) is 4.22. The maximum Gasteiger partial charge on any atom is 0.317 e. The Morgan fingerprint density at radius 3 is 2.25 bits per heavy atom. The van der Waals surface area contributed by atoms with Gasteiger partial charge in [-0.05, 0) is 42.1 Å². The number of aromatic nitrogens is 1. The molecular weight excluding hydrogens is 450 g/mol. The van der Waals surface area contributed by atoms with Crippen molar-refractivity contribution in [2.75, 3.05) is 45.8 Å². The van der Waals surface area contributed by atoms with Crippen molar-refractivity contribution in [3.8, 4) is 0 Å². The number of benzene rings is 2. The zero-order valence-electron chi connectivity index (χ0n) is 20.5. The van der Waals surface area contributed by atoms with Gasteiger partial charge in [0, 0.05) is 51.7 Å². The second-order valence-corrected chi connectivity index (χ2v) is 9.59. The molecule has 7 nitrogen and oxygen atoms in total. The summed E-state index contributed by atoms with van der Waals surface area (Å²) in [5.74, 6) is 0.182. The van der Waals surface area contributed by atoms with Crippen LogP contribution in [0.2, 0.25) is 0 Å². The topological polar surface area (TPSA) is 68.8 Å². The first-order valence-electron chi connectivity index (χ1n) is 12.7. The molecule has 0 aliphatic carbocycles. The third kappa shape index (κ3) is 5.57. The van der Waals surface area contributed by atoms with E-state index in [-0.39, 0.29) is 23.9 Å². The van der Waals surface area contributed by atoms with Gasteiger partial charge in [0.05, 0.1) is 11.6 Å². The van der Waals surface area contributed by atoms with Gasteiger partial charge in [-0.2, -0.15) is 0 Å². The lowest BCUT2D eigenvalue weighted by atomic mass is 9.94. The van der Waals surface area contributed by atoms with Crippen LogP contribution in [0.5, 0.6) is 0 Å². The first-order valence-corrected chi connectivity index (χ1v) is 12.7. The van der Waals surface area contributed by atoms with Crippen LogP contribution < -0.4 is 5.32 Å². The summed E-state index contributed by atoms with van der Waals surface area (Å²) < 4.78 is 0. The average molecular weight is 484 g/mol. The molecule has 2 fully saturated rings. The van der Waals surface area contributed by atoms with Crippen LogP contribution >= 0.6 is 0 Å². The molecule has 2 aliphatic heterocycles. The van der Waals surface area contributed by atoms with Crippen molar-refractivity contribution in [1.29, 1.82) is 0 Å². The molecule has 0 radical (unpaired) electrons. The minimum Gasteiger partial charge on any atom is -0.337 e. The van der Waals surface area contributed by atoms with Gasteiger partial charge in [-0.25, -0.2) is 4.79 Å². The van der Waals surface area contributed by atoms with E-state index in [0.29, 0.717) is 38.3 Å². The monoisotopic (exact) mass is 483 g/mol. The molecule has 1 atom stereocenters. The van der Waals surface area contributed by atoms with E-state index in [4.69, 9.17) is 0 Å². The van der Waals surface area contributed by atoms with Gasteiger partial charge in [-0.1, -0.05) is 60.7 Å². The fourth-order valence-electron chi connectivity index (χ4n) is 5.35. The Bertz CT molecular complexity index is 1100. The van der Waals surface area contributed by atoms with E-state index in [9.17, 15) is 9.59 Å². The molecule has 0 unspecified atom stereocenters. The molecule has 0 bridgehead atoms. The summed E-state index contributed by atoms with van der Waals surface area (Å²) in [7, 11) is 0. The predicted octanol–water partition coefficient (Wildman–Crippen LogP) is 3.66. The van der Waals surface area contributed by atoms with Crippen LogP contribution in [0.25, 0.3) is 0 Å². The molecule has 2 saturated heterocycles. The zero-order valence-corrected chi connectivity index (χ0v) is 20.5. The number of urea groups is 1. The highest BCUT2D eigenvalue weighted by Gasteiger charge is 2.31. The average Bonchev–Trinajstić information content (AvgIpc) is 3.32. The van der Waals surface area contributed by atoms with E-state index >= 15 is 0 Å². The Morgan fingerprint density at radius 1 is 0.917 bits per heavy atom. The molecule has 36 heavy (non-hydrogen) atoms. The van der Waals surface area contributed by atoms with Gasteiger partial charge < -0.3 is 15.1 Å². The first-order chi connectivity index (χ1) is 17.7. The second kappa shape index (κ2) is 11.4. The summed E-state index contributed by atoms with van der Waals surface area (Å²) in [5.41, 5.74) is 3.08. The van der Waals surface area contributed by atoms with Gasteiger partial charge in [0.1, 0.15) is 0 Å². The Hall–Kier alpha value is -3.71. The molecule has 1 N–H and O–H groups in total. The van der Waals surface area contributed by atoms with E-state index in [2.05, 4.69) is 63.7 Å². The summed E-state index contributed by atoms with van der Waals surface area (Å²) in [4.78, 5) is 36.3. The molecule has 3 amide bonds. The lowest BCUT2D eigenvalue weighted by Crippen LogP contribution is -2.48. The van der Waals surface area contributed by atoms with Crippen molar-refractivity contribution in [1.82, 2.24) is 25.0 Å². The third-order valence-electron chi connectivity index (χ3n) is 7.18. The molecular formula is C29H33N5O2. The Morgan fingerprint density at radius 2 is 1.64 bits per heavy atom. The number of rotatable bonds is 6. The maximum absolute atomic E-state index is 13.5. The van der Waals surface area contributed by atoms with Crippen molar-refractivity contribution in [3.63, 3.8) is 0 Å². The first kappa shape index (κ1) is 24.0. The predicted molar refractivity (Wildman–Crippen MR) is 140 cm³/mol. The summed E-state index contributed by atoms with van der Waals surface area (Å²) >= 11 is 0. The molecule has 7 heteroatoms. The number of amides is 3. The fourth-order valence-corrected chi connectivity index (χ4v) is 5.35. The maximum atomic E-state index is 13.5. The van der Waals surface area contributed by atoms with E-state index < -0.39 is 0 Å². The van der Waals surface area contributed by atoms with E-state index in [1.807, 2.05) is 28.0 Å². The molecule has 2 aromatic carbocycles. The van der Waals surface area contributed by atoms with Gasteiger partial charge in [-0.15, -0.1) is 0 Å². The van der Waals surface area contributed by atoms with Crippen LogP contribution in [0.4, 0.5) is 4.79 Å².